The minimum atomic E-state index is -0.226. The fraction of sp³-hybridized carbons (Fsp3) is 0.500. The Morgan fingerprint density at radius 2 is 2.00 bits per heavy atom. The molecule has 0 amide bonds. The molecule has 1 N–H and O–H groups in total. The second kappa shape index (κ2) is 7.19. The van der Waals surface area contributed by atoms with E-state index in [1.165, 1.54) is 12.1 Å². The number of hydrogen-bond acceptors (Lipinski definition) is 3. The molecule has 1 aromatic carbocycles. The van der Waals surface area contributed by atoms with Crippen molar-refractivity contribution in [3.8, 4) is 0 Å². The van der Waals surface area contributed by atoms with E-state index in [0.717, 1.165) is 5.69 Å². The van der Waals surface area contributed by atoms with Gasteiger partial charge in [0.2, 0.25) is 0 Å². The molecule has 16 heavy (non-hydrogen) atoms. The van der Waals surface area contributed by atoms with Crippen molar-refractivity contribution < 1.29 is 13.9 Å². The van der Waals surface area contributed by atoms with Crippen LogP contribution in [0.25, 0.3) is 0 Å². The van der Waals surface area contributed by atoms with E-state index in [1.807, 2.05) is 6.92 Å². The van der Waals surface area contributed by atoms with Gasteiger partial charge in [-0.3, -0.25) is 0 Å². The first-order chi connectivity index (χ1) is 7.72. The Kier molecular flexibility index (Phi) is 5.82. The zero-order valence-electron chi connectivity index (χ0n) is 9.70. The van der Waals surface area contributed by atoms with Crippen molar-refractivity contribution >= 4 is 5.69 Å². The smallest absolute Gasteiger partial charge is 0.123 e. The van der Waals surface area contributed by atoms with Gasteiger partial charge in [-0.15, -0.1) is 0 Å². The Bertz CT molecular complexity index is 290. The third-order valence-electron chi connectivity index (χ3n) is 2.08. The van der Waals surface area contributed by atoms with Crippen LogP contribution in [0, 0.1) is 5.82 Å². The lowest BCUT2D eigenvalue weighted by molar-refractivity contribution is 0.0140. The molecule has 1 rings (SSSR count). The van der Waals surface area contributed by atoms with Gasteiger partial charge in [0.15, 0.2) is 0 Å². The van der Waals surface area contributed by atoms with Crippen LogP contribution < -0.4 is 5.32 Å². The highest BCUT2D eigenvalue weighted by molar-refractivity contribution is 5.42. The number of nitrogens with one attached hydrogen (secondary N) is 1. The van der Waals surface area contributed by atoms with Gasteiger partial charge in [0, 0.05) is 19.3 Å². The average Bonchev–Trinajstić information content (AvgIpc) is 2.27. The summed E-state index contributed by atoms with van der Waals surface area (Å²) in [5.41, 5.74) is 0.893. The lowest BCUT2D eigenvalue weighted by Crippen LogP contribution is -2.19. The molecule has 0 aliphatic rings. The molecule has 4 heteroatoms. The van der Waals surface area contributed by atoms with Crippen molar-refractivity contribution in [1.82, 2.24) is 0 Å². The Morgan fingerprint density at radius 1 is 1.31 bits per heavy atom. The lowest BCUT2D eigenvalue weighted by atomic mass is 10.3. The van der Waals surface area contributed by atoms with Crippen LogP contribution in [0.3, 0.4) is 0 Å². The number of rotatable bonds is 7. The van der Waals surface area contributed by atoms with Crippen LogP contribution in [0.2, 0.25) is 0 Å². The van der Waals surface area contributed by atoms with Gasteiger partial charge in [-0.05, 0) is 31.2 Å². The Balaban J connectivity index is 2.13. The third kappa shape index (κ3) is 5.09. The van der Waals surface area contributed by atoms with Crippen LogP contribution in [0.1, 0.15) is 6.92 Å². The van der Waals surface area contributed by atoms with Crippen molar-refractivity contribution in [2.75, 3.05) is 32.2 Å². The minimum Gasteiger partial charge on any atom is -0.383 e. The van der Waals surface area contributed by atoms with Crippen LogP contribution in [0.4, 0.5) is 10.1 Å². The Hall–Kier alpha value is -1.13. The number of hydrogen-bond donors (Lipinski definition) is 1. The first-order valence-corrected chi connectivity index (χ1v) is 5.32. The molecule has 0 fully saturated rings. The van der Waals surface area contributed by atoms with E-state index in [4.69, 9.17) is 9.47 Å². The molecular formula is C12H18FNO2. The summed E-state index contributed by atoms with van der Waals surface area (Å²) in [5.74, 6) is -0.226. The molecule has 0 heterocycles. The second-order valence-electron chi connectivity index (χ2n) is 3.57. The van der Waals surface area contributed by atoms with Crippen molar-refractivity contribution in [3.05, 3.63) is 30.1 Å². The molecule has 0 saturated carbocycles. The van der Waals surface area contributed by atoms with Gasteiger partial charge in [0.25, 0.3) is 0 Å². The van der Waals surface area contributed by atoms with Crippen LogP contribution in [0.5, 0.6) is 0 Å². The normalized spacial score (nSPS) is 12.4. The van der Waals surface area contributed by atoms with Gasteiger partial charge < -0.3 is 14.8 Å². The van der Waals surface area contributed by atoms with E-state index >= 15 is 0 Å². The quantitative estimate of drug-likeness (QED) is 0.725. The zero-order chi connectivity index (χ0) is 11.8. The van der Waals surface area contributed by atoms with E-state index in [2.05, 4.69) is 5.32 Å². The summed E-state index contributed by atoms with van der Waals surface area (Å²) in [6, 6.07) is 6.26. The molecule has 1 atom stereocenters. The summed E-state index contributed by atoms with van der Waals surface area (Å²) in [5, 5.41) is 3.14. The molecular weight excluding hydrogens is 209 g/mol. The summed E-state index contributed by atoms with van der Waals surface area (Å²) in [6.45, 7) is 3.85. The first kappa shape index (κ1) is 12.9. The molecule has 0 saturated heterocycles. The molecule has 1 aromatic rings. The van der Waals surface area contributed by atoms with Crippen molar-refractivity contribution in [2.45, 2.75) is 13.0 Å². The van der Waals surface area contributed by atoms with Gasteiger partial charge >= 0.3 is 0 Å². The molecule has 1 unspecified atom stereocenters. The molecule has 0 aromatic heterocycles. The van der Waals surface area contributed by atoms with Gasteiger partial charge in [-0.2, -0.15) is 0 Å². The Labute approximate surface area is 95.6 Å². The first-order valence-electron chi connectivity index (χ1n) is 5.32. The second-order valence-corrected chi connectivity index (χ2v) is 3.57. The third-order valence-corrected chi connectivity index (χ3v) is 2.08. The van der Waals surface area contributed by atoms with Crippen LogP contribution in [-0.4, -0.2) is 33.0 Å². The van der Waals surface area contributed by atoms with E-state index in [1.54, 1.807) is 19.2 Å². The number of ether oxygens (including phenoxy) is 2. The van der Waals surface area contributed by atoms with E-state index in [9.17, 15) is 4.39 Å². The summed E-state index contributed by atoms with van der Waals surface area (Å²) < 4.78 is 23.0. The highest BCUT2D eigenvalue weighted by atomic mass is 19.1. The minimum absolute atomic E-state index is 0.0972. The van der Waals surface area contributed by atoms with Crippen LogP contribution in [-0.2, 0) is 9.47 Å². The summed E-state index contributed by atoms with van der Waals surface area (Å²) in [7, 11) is 1.65. The SMILES string of the molecule is COCC(C)OCCNc1ccc(F)cc1. The monoisotopic (exact) mass is 227 g/mol. The summed E-state index contributed by atoms with van der Waals surface area (Å²) in [6.07, 6.45) is 0.0972. The number of halogens is 1. The molecule has 3 nitrogen and oxygen atoms in total. The number of benzene rings is 1. The van der Waals surface area contributed by atoms with Gasteiger partial charge in [0.1, 0.15) is 5.82 Å². The van der Waals surface area contributed by atoms with Crippen molar-refractivity contribution in [2.24, 2.45) is 0 Å². The predicted octanol–water partition coefficient (Wildman–Crippen LogP) is 2.29. The van der Waals surface area contributed by atoms with Crippen molar-refractivity contribution in [3.63, 3.8) is 0 Å². The van der Waals surface area contributed by atoms with Gasteiger partial charge in [-0.25, -0.2) is 4.39 Å². The molecule has 0 spiro atoms. The summed E-state index contributed by atoms with van der Waals surface area (Å²) in [4.78, 5) is 0. The fourth-order valence-electron chi connectivity index (χ4n) is 1.31. The standard InChI is InChI=1S/C12H18FNO2/c1-10(9-15-2)16-8-7-14-12-5-3-11(13)4-6-12/h3-6,10,14H,7-9H2,1-2H3. The zero-order valence-corrected chi connectivity index (χ0v) is 9.70. The van der Waals surface area contributed by atoms with Crippen molar-refractivity contribution in [1.29, 1.82) is 0 Å². The number of methoxy groups -OCH3 is 1. The average molecular weight is 227 g/mol. The summed E-state index contributed by atoms with van der Waals surface area (Å²) >= 11 is 0. The largest absolute Gasteiger partial charge is 0.383 e. The van der Waals surface area contributed by atoms with E-state index in [0.29, 0.717) is 19.8 Å². The molecule has 0 radical (unpaired) electrons. The maximum atomic E-state index is 12.6. The molecule has 0 aliphatic heterocycles. The predicted molar refractivity (Wildman–Crippen MR) is 62.2 cm³/mol. The fourth-order valence-corrected chi connectivity index (χ4v) is 1.31. The van der Waals surface area contributed by atoms with Crippen LogP contribution in [0.15, 0.2) is 24.3 Å². The maximum absolute atomic E-state index is 12.6. The van der Waals surface area contributed by atoms with Gasteiger partial charge in [0.05, 0.1) is 19.3 Å². The maximum Gasteiger partial charge on any atom is 0.123 e. The Morgan fingerprint density at radius 3 is 2.62 bits per heavy atom. The van der Waals surface area contributed by atoms with E-state index in [-0.39, 0.29) is 11.9 Å². The highest BCUT2D eigenvalue weighted by Crippen LogP contribution is 2.07. The van der Waals surface area contributed by atoms with E-state index < -0.39 is 0 Å². The van der Waals surface area contributed by atoms with Crippen LogP contribution >= 0.6 is 0 Å². The highest BCUT2D eigenvalue weighted by Gasteiger charge is 2.00. The molecule has 0 bridgehead atoms. The topological polar surface area (TPSA) is 30.5 Å². The lowest BCUT2D eigenvalue weighted by Gasteiger charge is -2.12. The number of anilines is 1. The molecule has 0 aliphatic carbocycles. The molecule has 90 valence electrons. The van der Waals surface area contributed by atoms with Gasteiger partial charge in [-0.1, -0.05) is 0 Å².